The van der Waals surface area contributed by atoms with Gasteiger partial charge in [0.25, 0.3) is 0 Å². The fraction of sp³-hybridized carbons (Fsp3) is 0.357. The van der Waals surface area contributed by atoms with Gasteiger partial charge in [-0.05, 0) is 30.7 Å². The van der Waals surface area contributed by atoms with Crippen molar-refractivity contribution < 1.29 is 18.0 Å². The second kappa shape index (κ2) is 5.90. The van der Waals surface area contributed by atoms with Gasteiger partial charge in [0.2, 0.25) is 0 Å². The van der Waals surface area contributed by atoms with Crippen LogP contribution in [0.2, 0.25) is 0 Å². The van der Waals surface area contributed by atoms with E-state index >= 15 is 0 Å². The summed E-state index contributed by atoms with van der Waals surface area (Å²) in [5.74, 6) is 0. The van der Waals surface area contributed by atoms with Crippen LogP contribution in [-0.4, -0.2) is 39.0 Å². The molecule has 1 aliphatic rings. The number of rotatable bonds is 2. The van der Waals surface area contributed by atoms with E-state index in [1.807, 2.05) is 0 Å². The minimum Gasteiger partial charge on any atom is -0.322 e. The molecule has 0 saturated carbocycles. The third kappa shape index (κ3) is 3.43. The molecule has 1 fully saturated rings. The van der Waals surface area contributed by atoms with Crippen LogP contribution in [0.15, 0.2) is 36.7 Å². The van der Waals surface area contributed by atoms with Gasteiger partial charge in [-0.15, -0.1) is 0 Å². The zero-order chi connectivity index (χ0) is 16.4. The summed E-state index contributed by atoms with van der Waals surface area (Å²) in [4.78, 5) is 15.3. The van der Waals surface area contributed by atoms with Crippen molar-refractivity contribution in [1.82, 2.24) is 19.9 Å². The highest BCUT2D eigenvalue weighted by molar-refractivity contribution is 5.89. The van der Waals surface area contributed by atoms with Gasteiger partial charge in [-0.2, -0.15) is 28.2 Å². The van der Waals surface area contributed by atoms with Crippen LogP contribution in [0, 0.1) is 0 Å². The molecule has 122 valence electrons. The minimum absolute atomic E-state index is 0.0170. The Balaban J connectivity index is 1.59. The van der Waals surface area contributed by atoms with Gasteiger partial charge in [-0.1, -0.05) is 0 Å². The first-order valence-corrected chi connectivity index (χ1v) is 7.02. The number of anilines is 1. The van der Waals surface area contributed by atoms with Crippen molar-refractivity contribution >= 4 is 11.7 Å². The van der Waals surface area contributed by atoms with Crippen molar-refractivity contribution in [3.63, 3.8) is 0 Å². The van der Waals surface area contributed by atoms with Crippen LogP contribution in [0.1, 0.15) is 18.0 Å². The van der Waals surface area contributed by atoms with Gasteiger partial charge in [0.1, 0.15) is 0 Å². The van der Waals surface area contributed by atoms with Crippen LogP contribution in [0.3, 0.4) is 0 Å². The van der Waals surface area contributed by atoms with Crippen LogP contribution in [0.4, 0.5) is 23.7 Å². The molecule has 2 aromatic rings. The highest BCUT2D eigenvalue weighted by Crippen LogP contribution is 2.30. The van der Waals surface area contributed by atoms with Gasteiger partial charge in [0, 0.05) is 18.8 Å². The van der Waals surface area contributed by atoms with Crippen LogP contribution in [-0.2, 0) is 6.18 Å². The van der Waals surface area contributed by atoms with E-state index in [4.69, 9.17) is 0 Å². The first kappa shape index (κ1) is 15.3. The van der Waals surface area contributed by atoms with E-state index < -0.39 is 11.7 Å². The number of hydrogen-bond acceptors (Lipinski definition) is 3. The van der Waals surface area contributed by atoms with E-state index in [0.717, 1.165) is 18.6 Å². The number of likely N-dealkylation sites (tertiary alicyclic amines) is 1. The maximum Gasteiger partial charge on any atom is 0.416 e. The standard InChI is InChI=1S/C14H14F3N5O/c15-14(16,17)10-1-3-11(4-2-10)20-13(23)21-8-5-12(9-21)22-18-6-7-19-22/h1-4,6-7,12H,5,8-9H2,(H,20,23). The number of aromatic nitrogens is 3. The first-order valence-electron chi connectivity index (χ1n) is 7.02. The summed E-state index contributed by atoms with van der Waals surface area (Å²) in [6.07, 6.45) is -0.507. The molecule has 1 aromatic carbocycles. The SMILES string of the molecule is O=C(Nc1ccc(C(F)(F)F)cc1)N1CCC(n2nccn2)C1. The summed E-state index contributed by atoms with van der Waals surface area (Å²) in [5, 5.41) is 10.7. The molecule has 1 N–H and O–H groups in total. The predicted molar refractivity (Wildman–Crippen MR) is 75.7 cm³/mol. The Hall–Kier alpha value is -2.58. The van der Waals surface area contributed by atoms with Crippen molar-refractivity contribution in [1.29, 1.82) is 0 Å². The van der Waals surface area contributed by atoms with E-state index in [2.05, 4.69) is 15.5 Å². The average Bonchev–Trinajstić information content (AvgIpc) is 3.18. The van der Waals surface area contributed by atoms with Crippen LogP contribution in [0.25, 0.3) is 0 Å². The third-order valence-corrected chi connectivity index (χ3v) is 3.68. The number of halogens is 3. The number of alkyl halides is 3. The van der Waals surface area contributed by atoms with Crippen molar-refractivity contribution in [2.45, 2.75) is 18.6 Å². The number of hydrogen-bond donors (Lipinski definition) is 1. The zero-order valence-corrected chi connectivity index (χ0v) is 12.0. The highest BCUT2D eigenvalue weighted by Gasteiger charge is 2.31. The molecular weight excluding hydrogens is 311 g/mol. The fourth-order valence-corrected chi connectivity index (χ4v) is 2.47. The fourth-order valence-electron chi connectivity index (χ4n) is 2.47. The van der Waals surface area contributed by atoms with Crippen LogP contribution in [0.5, 0.6) is 0 Å². The van der Waals surface area contributed by atoms with E-state index in [-0.39, 0.29) is 12.1 Å². The van der Waals surface area contributed by atoms with Gasteiger partial charge < -0.3 is 10.2 Å². The van der Waals surface area contributed by atoms with E-state index in [9.17, 15) is 18.0 Å². The van der Waals surface area contributed by atoms with E-state index in [1.165, 1.54) is 12.1 Å². The molecule has 23 heavy (non-hydrogen) atoms. The van der Waals surface area contributed by atoms with Crippen molar-refractivity contribution in [2.24, 2.45) is 0 Å². The average molecular weight is 325 g/mol. The number of nitrogens with zero attached hydrogens (tertiary/aromatic N) is 4. The van der Waals surface area contributed by atoms with E-state index in [1.54, 1.807) is 22.1 Å². The van der Waals surface area contributed by atoms with Gasteiger partial charge in [0.05, 0.1) is 24.0 Å². The maximum absolute atomic E-state index is 12.5. The molecule has 6 nitrogen and oxygen atoms in total. The molecule has 2 amide bonds. The Labute approximate surface area is 129 Å². The Morgan fingerprint density at radius 3 is 2.43 bits per heavy atom. The van der Waals surface area contributed by atoms with Gasteiger partial charge in [0.15, 0.2) is 0 Å². The number of nitrogens with one attached hydrogen (secondary N) is 1. The molecule has 1 saturated heterocycles. The van der Waals surface area contributed by atoms with Crippen molar-refractivity contribution in [3.8, 4) is 0 Å². The quantitative estimate of drug-likeness (QED) is 0.923. The summed E-state index contributed by atoms with van der Waals surface area (Å²) in [5.41, 5.74) is -0.426. The number of amides is 2. The molecule has 1 unspecified atom stereocenters. The lowest BCUT2D eigenvalue weighted by Crippen LogP contribution is -2.33. The lowest BCUT2D eigenvalue weighted by molar-refractivity contribution is -0.137. The third-order valence-electron chi connectivity index (χ3n) is 3.68. The molecule has 2 heterocycles. The van der Waals surface area contributed by atoms with Crippen molar-refractivity contribution in [2.75, 3.05) is 18.4 Å². The summed E-state index contributed by atoms with van der Waals surface area (Å²) in [6.45, 7) is 1.000. The Morgan fingerprint density at radius 2 is 1.83 bits per heavy atom. The minimum atomic E-state index is -4.39. The molecule has 9 heteroatoms. The summed E-state index contributed by atoms with van der Waals surface area (Å²) in [7, 11) is 0. The second-order valence-corrected chi connectivity index (χ2v) is 5.24. The molecule has 1 aromatic heterocycles. The highest BCUT2D eigenvalue weighted by atomic mass is 19.4. The molecule has 0 aliphatic carbocycles. The number of urea groups is 1. The first-order chi connectivity index (χ1) is 10.9. The Bertz CT molecular complexity index is 669. The zero-order valence-electron chi connectivity index (χ0n) is 12.0. The van der Waals surface area contributed by atoms with E-state index in [0.29, 0.717) is 18.8 Å². The summed E-state index contributed by atoms with van der Waals surface area (Å²) >= 11 is 0. The van der Waals surface area contributed by atoms with Gasteiger partial charge in [-0.25, -0.2) is 4.79 Å². The van der Waals surface area contributed by atoms with Crippen LogP contribution < -0.4 is 5.32 Å². The predicted octanol–water partition coefficient (Wildman–Crippen LogP) is 2.78. The number of benzene rings is 1. The molecule has 0 radical (unpaired) electrons. The van der Waals surface area contributed by atoms with Gasteiger partial charge >= 0.3 is 12.2 Å². The summed E-state index contributed by atoms with van der Waals surface area (Å²) < 4.78 is 37.5. The molecule has 3 rings (SSSR count). The lowest BCUT2D eigenvalue weighted by Gasteiger charge is -2.17. The van der Waals surface area contributed by atoms with Gasteiger partial charge in [-0.3, -0.25) is 0 Å². The molecule has 0 spiro atoms. The smallest absolute Gasteiger partial charge is 0.322 e. The molecule has 1 aliphatic heterocycles. The Kier molecular flexibility index (Phi) is 3.93. The lowest BCUT2D eigenvalue weighted by atomic mass is 10.2. The largest absolute Gasteiger partial charge is 0.416 e. The monoisotopic (exact) mass is 325 g/mol. The second-order valence-electron chi connectivity index (χ2n) is 5.24. The van der Waals surface area contributed by atoms with Crippen molar-refractivity contribution in [3.05, 3.63) is 42.2 Å². The Morgan fingerprint density at radius 1 is 1.17 bits per heavy atom. The topological polar surface area (TPSA) is 63.1 Å². The maximum atomic E-state index is 12.5. The molecule has 1 atom stereocenters. The molecular formula is C14H14F3N5O. The van der Waals surface area contributed by atoms with Crippen LogP contribution >= 0.6 is 0 Å². The number of carbonyl (C=O) groups excluding carboxylic acids is 1. The molecule has 0 bridgehead atoms. The summed E-state index contributed by atoms with van der Waals surface area (Å²) in [6, 6.07) is 4.03. The number of carbonyl (C=O) groups is 1. The normalized spacial score (nSPS) is 18.2.